The zero-order valence-electron chi connectivity index (χ0n) is 16.4. The molecule has 9 heteroatoms. The molecule has 1 aliphatic rings. The lowest BCUT2D eigenvalue weighted by Gasteiger charge is -2.33. The molecule has 0 unspecified atom stereocenters. The Morgan fingerprint density at radius 2 is 2.00 bits per heavy atom. The molecule has 29 heavy (non-hydrogen) atoms. The molecule has 0 spiro atoms. The van der Waals surface area contributed by atoms with E-state index in [-0.39, 0.29) is 6.04 Å². The summed E-state index contributed by atoms with van der Waals surface area (Å²) in [4.78, 5) is 8.86. The van der Waals surface area contributed by atoms with Crippen molar-refractivity contribution in [3.8, 4) is 17.0 Å². The minimum atomic E-state index is -0.568. The molecular formula is C20H23N7O2. The Bertz CT molecular complexity index is 1170. The molecule has 0 aliphatic heterocycles. The van der Waals surface area contributed by atoms with Gasteiger partial charge in [0, 0.05) is 24.0 Å². The van der Waals surface area contributed by atoms with Gasteiger partial charge in [0.1, 0.15) is 11.8 Å². The normalized spacial score (nSPS) is 22.2. The highest BCUT2D eigenvalue weighted by Crippen LogP contribution is 2.33. The number of anilines is 1. The summed E-state index contributed by atoms with van der Waals surface area (Å²) in [5.74, 6) is 1.03. The van der Waals surface area contributed by atoms with Gasteiger partial charge >= 0.3 is 0 Å². The predicted octanol–water partition coefficient (Wildman–Crippen LogP) is 2.55. The molecule has 1 aliphatic carbocycles. The maximum atomic E-state index is 10.2. The largest absolute Gasteiger partial charge is 0.479 e. The van der Waals surface area contributed by atoms with Crippen LogP contribution < -0.4 is 10.1 Å². The highest BCUT2D eigenvalue weighted by atomic mass is 16.5. The van der Waals surface area contributed by atoms with Crippen LogP contribution in [-0.2, 0) is 0 Å². The Balaban J connectivity index is 1.49. The Morgan fingerprint density at radius 1 is 1.21 bits per heavy atom. The quantitative estimate of drug-likeness (QED) is 0.549. The van der Waals surface area contributed by atoms with Gasteiger partial charge in [-0.2, -0.15) is 10.1 Å². The molecule has 0 amide bonds. The van der Waals surface area contributed by atoms with Gasteiger partial charge in [-0.25, -0.2) is 14.0 Å². The summed E-state index contributed by atoms with van der Waals surface area (Å²) >= 11 is 0. The first kappa shape index (κ1) is 17.9. The van der Waals surface area contributed by atoms with Crippen LogP contribution in [0, 0.1) is 0 Å². The number of nitrogens with one attached hydrogen (secondary N) is 1. The van der Waals surface area contributed by atoms with Crippen molar-refractivity contribution >= 4 is 17.1 Å². The monoisotopic (exact) mass is 393 g/mol. The molecule has 2 N–H and O–H groups in total. The Morgan fingerprint density at radius 3 is 2.79 bits per heavy atom. The molecule has 5 rings (SSSR count). The third kappa shape index (κ3) is 3.27. The Kier molecular flexibility index (Phi) is 4.13. The number of nitrogens with zero attached hydrogens (tertiary/aromatic N) is 6. The highest BCUT2D eigenvalue weighted by Gasteiger charge is 2.29. The lowest BCUT2D eigenvalue weighted by Crippen LogP contribution is -2.36. The van der Waals surface area contributed by atoms with Crippen LogP contribution in [0.1, 0.15) is 32.6 Å². The maximum absolute atomic E-state index is 10.2. The number of hydrogen-bond acceptors (Lipinski definition) is 7. The predicted molar refractivity (Wildman–Crippen MR) is 108 cm³/mol. The van der Waals surface area contributed by atoms with Crippen LogP contribution in [0.15, 0.2) is 36.9 Å². The van der Waals surface area contributed by atoms with E-state index in [1.807, 2.05) is 37.5 Å². The number of aliphatic hydroxyl groups is 1. The van der Waals surface area contributed by atoms with Crippen LogP contribution in [0.5, 0.6) is 5.88 Å². The van der Waals surface area contributed by atoms with Crippen molar-refractivity contribution in [3.63, 3.8) is 0 Å². The molecule has 0 aromatic carbocycles. The molecule has 0 bridgehead atoms. The summed E-state index contributed by atoms with van der Waals surface area (Å²) < 4.78 is 9.11. The second-order valence-electron chi connectivity index (χ2n) is 7.86. The van der Waals surface area contributed by atoms with E-state index in [1.54, 1.807) is 16.1 Å². The first-order chi connectivity index (χ1) is 14.0. The topological polar surface area (TPSA) is 102 Å². The number of pyridine rings is 1. The lowest BCUT2D eigenvalue weighted by atomic mass is 9.84. The van der Waals surface area contributed by atoms with E-state index >= 15 is 0 Å². The van der Waals surface area contributed by atoms with Crippen molar-refractivity contribution in [2.24, 2.45) is 0 Å². The fraction of sp³-hybridized carbons (Fsp3) is 0.400. The first-order valence-electron chi connectivity index (χ1n) is 9.74. The van der Waals surface area contributed by atoms with E-state index in [2.05, 4.69) is 25.5 Å². The highest BCUT2D eigenvalue weighted by molar-refractivity contribution is 5.85. The van der Waals surface area contributed by atoms with Crippen molar-refractivity contribution in [1.29, 1.82) is 0 Å². The smallest absolute Gasteiger partial charge is 0.244 e. The molecule has 0 atom stereocenters. The lowest BCUT2D eigenvalue weighted by molar-refractivity contribution is 0.0195. The van der Waals surface area contributed by atoms with E-state index < -0.39 is 5.60 Å². The van der Waals surface area contributed by atoms with Crippen LogP contribution in [0.2, 0.25) is 0 Å². The summed E-state index contributed by atoms with van der Waals surface area (Å²) in [5, 5.41) is 22.3. The summed E-state index contributed by atoms with van der Waals surface area (Å²) in [6, 6.07) is 6.19. The van der Waals surface area contributed by atoms with Gasteiger partial charge in [-0.05, 0) is 56.4 Å². The third-order valence-corrected chi connectivity index (χ3v) is 5.66. The van der Waals surface area contributed by atoms with E-state index in [4.69, 9.17) is 4.74 Å². The van der Waals surface area contributed by atoms with E-state index in [0.29, 0.717) is 11.8 Å². The van der Waals surface area contributed by atoms with Gasteiger partial charge in [0.2, 0.25) is 11.8 Å². The molecule has 0 saturated heterocycles. The number of methoxy groups -OCH3 is 1. The molecule has 1 fully saturated rings. The molecule has 9 nitrogen and oxygen atoms in total. The maximum Gasteiger partial charge on any atom is 0.244 e. The van der Waals surface area contributed by atoms with Gasteiger partial charge in [-0.3, -0.25) is 0 Å². The molecular weight excluding hydrogens is 370 g/mol. The Hall–Kier alpha value is -3.20. The SMILES string of the molecule is COc1nc(N[C@H]2CC[C@](C)(O)CC2)nn2ccc(-c3ccn4ncnc4c3)c12. The Labute approximate surface area is 167 Å². The van der Waals surface area contributed by atoms with Gasteiger partial charge < -0.3 is 15.2 Å². The zero-order chi connectivity index (χ0) is 20.0. The average Bonchev–Trinajstić information content (AvgIpc) is 3.35. The third-order valence-electron chi connectivity index (χ3n) is 5.66. The molecule has 4 heterocycles. The number of aromatic nitrogens is 6. The van der Waals surface area contributed by atoms with Crippen LogP contribution in [-0.4, -0.2) is 53.1 Å². The fourth-order valence-electron chi connectivity index (χ4n) is 3.98. The van der Waals surface area contributed by atoms with Gasteiger partial charge in [-0.1, -0.05) is 0 Å². The molecule has 150 valence electrons. The standard InChI is InChI=1S/C20H23N7O2/c1-20(28)7-3-14(4-8-20)23-19-24-18(29-2)17-15(6-10-27(17)25-19)13-5-9-26-16(11-13)21-12-22-26/h5-6,9-12,14,28H,3-4,7-8H2,1-2H3,(H,23,25)/t14-,20-. The van der Waals surface area contributed by atoms with Crippen LogP contribution in [0.25, 0.3) is 22.3 Å². The summed E-state index contributed by atoms with van der Waals surface area (Å²) in [6.07, 6.45) is 8.61. The van der Waals surface area contributed by atoms with E-state index in [1.165, 1.54) is 6.33 Å². The summed E-state index contributed by atoms with van der Waals surface area (Å²) in [6.45, 7) is 1.90. The molecule has 4 aromatic heterocycles. The van der Waals surface area contributed by atoms with Crippen molar-refractivity contribution in [2.75, 3.05) is 12.4 Å². The van der Waals surface area contributed by atoms with Crippen molar-refractivity contribution < 1.29 is 9.84 Å². The molecule has 1 saturated carbocycles. The second-order valence-corrected chi connectivity index (χ2v) is 7.86. The average molecular weight is 393 g/mol. The van der Waals surface area contributed by atoms with Crippen LogP contribution in [0.3, 0.4) is 0 Å². The second kappa shape index (κ2) is 6.70. The van der Waals surface area contributed by atoms with Gasteiger partial charge in [-0.15, -0.1) is 5.10 Å². The minimum Gasteiger partial charge on any atom is -0.479 e. The van der Waals surface area contributed by atoms with E-state index in [0.717, 1.165) is 48.0 Å². The number of ether oxygens (including phenoxy) is 1. The van der Waals surface area contributed by atoms with Crippen LogP contribution in [0.4, 0.5) is 5.95 Å². The van der Waals surface area contributed by atoms with Crippen molar-refractivity contribution in [3.05, 3.63) is 36.9 Å². The van der Waals surface area contributed by atoms with Gasteiger partial charge in [0.15, 0.2) is 5.65 Å². The number of fused-ring (bicyclic) bond motifs is 2. The van der Waals surface area contributed by atoms with Gasteiger partial charge in [0.05, 0.1) is 12.7 Å². The number of hydrogen-bond donors (Lipinski definition) is 2. The minimum absolute atomic E-state index is 0.239. The fourth-order valence-corrected chi connectivity index (χ4v) is 3.98. The number of rotatable bonds is 4. The van der Waals surface area contributed by atoms with Crippen molar-refractivity contribution in [1.82, 2.24) is 29.2 Å². The first-order valence-corrected chi connectivity index (χ1v) is 9.74. The molecule has 4 aromatic rings. The molecule has 0 radical (unpaired) electrons. The summed E-state index contributed by atoms with van der Waals surface area (Å²) in [7, 11) is 1.61. The van der Waals surface area contributed by atoms with Crippen LogP contribution >= 0.6 is 0 Å². The zero-order valence-corrected chi connectivity index (χ0v) is 16.4. The van der Waals surface area contributed by atoms with E-state index in [9.17, 15) is 5.11 Å². The van der Waals surface area contributed by atoms with Crippen molar-refractivity contribution in [2.45, 2.75) is 44.2 Å². The van der Waals surface area contributed by atoms with Gasteiger partial charge in [0.25, 0.3) is 0 Å². The summed E-state index contributed by atoms with van der Waals surface area (Å²) in [5.41, 5.74) is 2.96.